The fourth-order valence-electron chi connectivity index (χ4n) is 2.61. The lowest BCUT2D eigenvalue weighted by Gasteiger charge is -2.09. The van der Waals surface area contributed by atoms with Crippen LogP contribution in [0, 0.1) is 0 Å². The Morgan fingerprint density at radius 3 is 2.85 bits per heavy atom. The van der Waals surface area contributed by atoms with Crippen molar-refractivity contribution >= 4 is 17.7 Å². The van der Waals surface area contributed by atoms with Gasteiger partial charge in [0.25, 0.3) is 0 Å². The normalized spacial score (nSPS) is 10.6. The van der Waals surface area contributed by atoms with Crippen LogP contribution in [-0.2, 0) is 18.3 Å². The molecule has 7 nitrogen and oxygen atoms in total. The van der Waals surface area contributed by atoms with Gasteiger partial charge in [0.1, 0.15) is 5.75 Å². The number of pyridine rings is 1. The summed E-state index contributed by atoms with van der Waals surface area (Å²) in [7, 11) is 3.53. The van der Waals surface area contributed by atoms with Gasteiger partial charge in [-0.05, 0) is 30.2 Å². The molecule has 3 aromatic rings. The lowest BCUT2D eigenvalue weighted by molar-refractivity contribution is -0.118. The molecule has 3 rings (SSSR count). The van der Waals surface area contributed by atoms with E-state index in [-0.39, 0.29) is 11.7 Å². The third kappa shape index (κ3) is 4.85. The second-order valence-corrected chi connectivity index (χ2v) is 6.75. The number of methoxy groups -OCH3 is 1. The number of carbonyl (C=O) groups excluding carboxylic acids is 1. The molecule has 0 spiro atoms. The molecule has 0 aliphatic carbocycles. The Hall–Kier alpha value is -2.87. The number of carbonyl (C=O) groups is 1. The smallest absolute Gasteiger partial charge is 0.230 e. The maximum absolute atomic E-state index is 12.1. The van der Waals surface area contributed by atoms with Gasteiger partial charge in [-0.15, -0.1) is 10.2 Å². The first-order valence-electron chi connectivity index (χ1n) is 8.50. The van der Waals surface area contributed by atoms with Gasteiger partial charge in [0.15, 0.2) is 11.0 Å². The fraction of sp³-hybridized carbons (Fsp3) is 0.263. The van der Waals surface area contributed by atoms with Gasteiger partial charge in [-0.25, -0.2) is 0 Å². The molecule has 0 unspecified atom stereocenters. The van der Waals surface area contributed by atoms with Crippen LogP contribution in [0.4, 0.5) is 0 Å². The van der Waals surface area contributed by atoms with Gasteiger partial charge in [0.05, 0.1) is 12.9 Å². The summed E-state index contributed by atoms with van der Waals surface area (Å²) in [5.41, 5.74) is 1.96. The van der Waals surface area contributed by atoms with Crippen molar-refractivity contribution in [3.8, 4) is 17.1 Å². The Morgan fingerprint density at radius 2 is 2.07 bits per heavy atom. The molecule has 140 valence electrons. The highest BCUT2D eigenvalue weighted by atomic mass is 32.2. The van der Waals surface area contributed by atoms with Crippen LogP contribution in [0.3, 0.4) is 0 Å². The van der Waals surface area contributed by atoms with Crippen molar-refractivity contribution in [3.63, 3.8) is 0 Å². The number of nitrogens with one attached hydrogen (secondary N) is 1. The first kappa shape index (κ1) is 18.9. The Kier molecular flexibility index (Phi) is 6.43. The molecule has 2 aromatic heterocycles. The van der Waals surface area contributed by atoms with Crippen molar-refractivity contribution in [2.24, 2.45) is 7.05 Å². The second kappa shape index (κ2) is 9.18. The van der Waals surface area contributed by atoms with E-state index >= 15 is 0 Å². The zero-order chi connectivity index (χ0) is 19.1. The zero-order valence-electron chi connectivity index (χ0n) is 15.3. The van der Waals surface area contributed by atoms with E-state index in [0.29, 0.717) is 11.7 Å². The molecule has 1 aromatic carbocycles. The molecule has 0 radical (unpaired) electrons. The summed E-state index contributed by atoms with van der Waals surface area (Å²) in [4.78, 5) is 16.2. The molecule has 0 saturated carbocycles. The summed E-state index contributed by atoms with van der Waals surface area (Å²) in [5, 5.41) is 12.0. The first-order chi connectivity index (χ1) is 13.2. The van der Waals surface area contributed by atoms with E-state index in [4.69, 9.17) is 4.74 Å². The largest absolute Gasteiger partial charge is 0.496 e. The summed E-state index contributed by atoms with van der Waals surface area (Å²) >= 11 is 1.36. The maximum atomic E-state index is 12.1. The molecule has 8 heteroatoms. The highest BCUT2D eigenvalue weighted by Gasteiger charge is 2.13. The first-order valence-corrected chi connectivity index (χ1v) is 9.48. The topological polar surface area (TPSA) is 81.9 Å². The Bertz CT molecular complexity index is 898. The fourth-order valence-corrected chi connectivity index (χ4v) is 3.36. The van der Waals surface area contributed by atoms with E-state index in [1.165, 1.54) is 11.8 Å². The lowest BCUT2D eigenvalue weighted by Crippen LogP contribution is -2.27. The van der Waals surface area contributed by atoms with E-state index < -0.39 is 0 Å². The van der Waals surface area contributed by atoms with Crippen LogP contribution >= 0.6 is 11.8 Å². The summed E-state index contributed by atoms with van der Waals surface area (Å²) in [5.74, 6) is 1.80. The Morgan fingerprint density at radius 1 is 1.22 bits per heavy atom. The highest BCUT2D eigenvalue weighted by molar-refractivity contribution is 7.99. The van der Waals surface area contributed by atoms with Crippen molar-refractivity contribution in [2.75, 3.05) is 19.4 Å². The molecular formula is C19H21N5O2S. The molecule has 0 aliphatic rings. The number of aromatic nitrogens is 4. The number of amides is 1. The van der Waals surface area contributed by atoms with Crippen LogP contribution in [0.2, 0.25) is 0 Å². The summed E-state index contributed by atoms with van der Waals surface area (Å²) in [6, 6.07) is 11.6. The minimum absolute atomic E-state index is 0.0409. The van der Waals surface area contributed by atoms with E-state index in [9.17, 15) is 4.79 Å². The predicted octanol–water partition coefficient (Wildman–Crippen LogP) is 2.34. The van der Waals surface area contributed by atoms with Crippen LogP contribution in [0.25, 0.3) is 11.4 Å². The van der Waals surface area contributed by atoms with Gasteiger partial charge < -0.3 is 14.6 Å². The van der Waals surface area contributed by atoms with Gasteiger partial charge >= 0.3 is 0 Å². The predicted molar refractivity (Wildman–Crippen MR) is 105 cm³/mol. The van der Waals surface area contributed by atoms with Crippen molar-refractivity contribution in [1.29, 1.82) is 0 Å². The van der Waals surface area contributed by atoms with E-state index in [1.54, 1.807) is 19.5 Å². The van der Waals surface area contributed by atoms with Gasteiger partial charge in [-0.2, -0.15) is 0 Å². The minimum atomic E-state index is -0.0409. The SMILES string of the molecule is COc1ccccc1CCNC(=O)CSc1nnc(-c2cccnc2)n1C. The molecular weight excluding hydrogens is 362 g/mol. The van der Waals surface area contributed by atoms with Gasteiger partial charge in [0, 0.05) is 31.5 Å². The molecule has 2 heterocycles. The monoisotopic (exact) mass is 383 g/mol. The minimum Gasteiger partial charge on any atom is -0.496 e. The third-order valence-electron chi connectivity index (χ3n) is 4.00. The highest BCUT2D eigenvalue weighted by Crippen LogP contribution is 2.21. The lowest BCUT2D eigenvalue weighted by atomic mass is 10.1. The molecule has 1 amide bonds. The van der Waals surface area contributed by atoms with Crippen LogP contribution in [-0.4, -0.2) is 45.1 Å². The molecule has 0 saturated heterocycles. The van der Waals surface area contributed by atoms with Gasteiger partial charge in [-0.3, -0.25) is 9.78 Å². The van der Waals surface area contributed by atoms with E-state index in [2.05, 4.69) is 20.5 Å². The molecule has 1 N–H and O–H groups in total. The molecule has 0 atom stereocenters. The summed E-state index contributed by atoms with van der Waals surface area (Å²) in [6.07, 6.45) is 4.17. The van der Waals surface area contributed by atoms with E-state index in [0.717, 1.165) is 29.1 Å². The number of thioether (sulfide) groups is 1. The number of hydrogen-bond donors (Lipinski definition) is 1. The third-order valence-corrected chi connectivity index (χ3v) is 5.02. The summed E-state index contributed by atoms with van der Waals surface area (Å²) < 4.78 is 7.19. The van der Waals surface area contributed by atoms with Crippen LogP contribution in [0.15, 0.2) is 53.9 Å². The van der Waals surface area contributed by atoms with Crippen molar-refractivity contribution in [3.05, 3.63) is 54.4 Å². The summed E-state index contributed by atoms with van der Waals surface area (Å²) in [6.45, 7) is 0.555. The molecule has 0 bridgehead atoms. The van der Waals surface area contributed by atoms with Gasteiger partial charge in [-0.1, -0.05) is 30.0 Å². The number of para-hydroxylation sites is 1. The second-order valence-electron chi connectivity index (χ2n) is 5.81. The van der Waals surface area contributed by atoms with Crippen molar-refractivity contribution in [2.45, 2.75) is 11.6 Å². The standard InChI is InChI=1S/C19H21N5O2S/c1-24-18(15-7-5-10-20-12-15)22-23-19(24)27-13-17(25)21-11-9-14-6-3-4-8-16(14)26-2/h3-8,10,12H,9,11,13H2,1-2H3,(H,21,25). The molecule has 0 fully saturated rings. The Balaban J connectivity index is 1.49. The number of hydrogen-bond acceptors (Lipinski definition) is 6. The Labute approximate surface area is 162 Å². The zero-order valence-corrected chi connectivity index (χ0v) is 16.1. The van der Waals surface area contributed by atoms with Gasteiger partial charge in [0.2, 0.25) is 5.91 Å². The quantitative estimate of drug-likeness (QED) is 0.601. The van der Waals surface area contributed by atoms with Crippen LogP contribution in [0.5, 0.6) is 5.75 Å². The van der Waals surface area contributed by atoms with E-state index in [1.807, 2.05) is 48.0 Å². The molecule has 0 aliphatic heterocycles. The number of benzene rings is 1. The number of rotatable bonds is 8. The van der Waals surface area contributed by atoms with Crippen molar-refractivity contribution in [1.82, 2.24) is 25.1 Å². The number of ether oxygens (including phenoxy) is 1. The maximum Gasteiger partial charge on any atom is 0.230 e. The van der Waals surface area contributed by atoms with Crippen LogP contribution < -0.4 is 10.1 Å². The average Bonchev–Trinajstić information content (AvgIpc) is 3.08. The number of nitrogens with zero attached hydrogens (tertiary/aromatic N) is 4. The van der Waals surface area contributed by atoms with Crippen molar-refractivity contribution < 1.29 is 9.53 Å². The average molecular weight is 383 g/mol. The van der Waals surface area contributed by atoms with Crippen LogP contribution in [0.1, 0.15) is 5.56 Å². The molecule has 27 heavy (non-hydrogen) atoms.